The van der Waals surface area contributed by atoms with E-state index in [-0.39, 0.29) is 34.8 Å². The van der Waals surface area contributed by atoms with E-state index in [9.17, 15) is 18.0 Å². The molecule has 0 bridgehead atoms. The second kappa shape index (κ2) is 10.1. The summed E-state index contributed by atoms with van der Waals surface area (Å²) in [5, 5.41) is 3.73. The summed E-state index contributed by atoms with van der Waals surface area (Å²) in [6.45, 7) is 2.15. The number of benzene rings is 2. The summed E-state index contributed by atoms with van der Waals surface area (Å²) in [6, 6.07) is 14.7. The summed E-state index contributed by atoms with van der Waals surface area (Å²) in [4.78, 5) is 30.5. The number of nitrogens with one attached hydrogen (secondary N) is 1. The average Bonchev–Trinajstić information content (AvgIpc) is 3.15. The van der Waals surface area contributed by atoms with Gasteiger partial charge in [-0.1, -0.05) is 49.4 Å². The number of amides is 1. The van der Waals surface area contributed by atoms with Crippen LogP contribution in [-0.4, -0.2) is 47.2 Å². The molecule has 1 unspecified atom stereocenters. The van der Waals surface area contributed by atoms with Gasteiger partial charge in [0.05, 0.1) is 33.8 Å². The number of hydrogen-bond acceptors (Lipinski definition) is 6. The number of aromatic nitrogens is 2. The number of aryl methyl sites for hydroxylation is 1. The molecule has 1 aromatic heterocycles. The van der Waals surface area contributed by atoms with Crippen LogP contribution in [0.5, 0.6) is 0 Å². The van der Waals surface area contributed by atoms with Crippen LogP contribution in [0.15, 0.2) is 58.5 Å². The van der Waals surface area contributed by atoms with Gasteiger partial charge in [0.2, 0.25) is 5.91 Å². The number of fused-ring (bicyclic) bond motifs is 1. The van der Waals surface area contributed by atoms with Crippen molar-refractivity contribution in [3.05, 3.63) is 64.4 Å². The minimum Gasteiger partial charge on any atom is -0.352 e. The van der Waals surface area contributed by atoms with Crippen molar-refractivity contribution in [1.82, 2.24) is 14.9 Å². The van der Waals surface area contributed by atoms with Gasteiger partial charge in [-0.15, -0.1) is 0 Å². The highest BCUT2D eigenvalue weighted by Gasteiger charge is 2.29. The molecule has 33 heavy (non-hydrogen) atoms. The number of nitrogens with zero attached hydrogens (tertiary/aromatic N) is 2. The van der Waals surface area contributed by atoms with E-state index in [1.807, 2.05) is 30.3 Å². The van der Waals surface area contributed by atoms with Gasteiger partial charge in [-0.05, 0) is 49.1 Å². The highest BCUT2D eigenvalue weighted by Crippen LogP contribution is 2.22. The van der Waals surface area contributed by atoms with Crippen molar-refractivity contribution in [2.24, 2.45) is 0 Å². The van der Waals surface area contributed by atoms with Crippen LogP contribution in [0.25, 0.3) is 16.6 Å². The molecule has 0 radical (unpaired) electrons. The third-order valence-electron chi connectivity index (χ3n) is 5.69. The molecule has 1 aliphatic rings. The van der Waals surface area contributed by atoms with Gasteiger partial charge >= 0.3 is 0 Å². The van der Waals surface area contributed by atoms with Gasteiger partial charge in [0.15, 0.2) is 15.0 Å². The van der Waals surface area contributed by atoms with Crippen LogP contribution >= 0.6 is 11.8 Å². The molecule has 4 rings (SSSR count). The first kappa shape index (κ1) is 23.5. The molecule has 174 valence electrons. The first-order valence-corrected chi connectivity index (χ1v) is 13.9. The molecular weight excluding hydrogens is 458 g/mol. The molecule has 1 N–H and O–H groups in total. The van der Waals surface area contributed by atoms with Gasteiger partial charge in [0.1, 0.15) is 0 Å². The smallest absolute Gasteiger partial charge is 0.266 e. The van der Waals surface area contributed by atoms with Crippen LogP contribution in [0.1, 0.15) is 31.7 Å². The molecule has 9 heteroatoms. The summed E-state index contributed by atoms with van der Waals surface area (Å²) in [5.41, 5.74) is 2.29. The zero-order valence-corrected chi connectivity index (χ0v) is 20.1. The van der Waals surface area contributed by atoms with Crippen molar-refractivity contribution >= 4 is 38.4 Å². The Morgan fingerprint density at radius 3 is 2.64 bits per heavy atom. The predicted octanol–water partition coefficient (Wildman–Crippen LogP) is 3.12. The lowest BCUT2D eigenvalue weighted by molar-refractivity contribution is -0.119. The number of rotatable bonds is 8. The summed E-state index contributed by atoms with van der Waals surface area (Å²) in [6.07, 6.45) is 3.64. The minimum atomic E-state index is -3.07. The number of thioether (sulfide) groups is 1. The van der Waals surface area contributed by atoms with Crippen molar-refractivity contribution in [1.29, 1.82) is 0 Å². The molecule has 1 amide bonds. The topological polar surface area (TPSA) is 98.1 Å². The molecule has 1 atom stereocenters. The Kier molecular flexibility index (Phi) is 7.19. The Hall–Kier alpha value is -2.65. The average molecular weight is 486 g/mol. The van der Waals surface area contributed by atoms with Gasteiger partial charge in [-0.3, -0.25) is 14.2 Å². The van der Waals surface area contributed by atoms with E-state index in [4.69, 9.17) is 0 Å². The summed E-state index contributed by atoms with van der Waals surface area (Å²) < 4.78 is 24.8. The quantitative estimate of drug-likeness (QED) is 0.389. The molecule has 2 aromatic carbocycles. The third kappa shape index (κ3) is 5.65. The predicted molar refractivity (Wildman–Crippen MR) is 132 cm³/mol. The van der Waals surface area contributed by atoms with Crippen molar-refractivity contribution in [2.45, 2.75) is 43.8 Å². The molecule has 3 aromatic rings. The van der Waals surface area contributed by atoms with E-state index in [0.29, 0.717) is 28.2 Å². The van der Waals surface area contributed by atoms with Crippen LogP contribution in [0, 0.1) is 0 Å². The lowest BCUT2D eigenvalue weighted by Gasteiger charge is -2.15. The van der Waals surface area contributed by atoms with E-state index in [0.717, 1.165) is 19.3 Å². The van der Waals surface area contributed by atoms with Crippen LogP contribution < -0.4 is 10.9 Å². The largest absolute Gasteiger partial charge is 0.352 e. The first-order valence-electron chi connectivity index (χ1n) is 11.1. The Morgan fingerprint density at radius 2 is 1.94 bits per heavy atom. The lowest BCUT2D eigenvalue weighted by Crippen LogP contribution is -2.36. The second-order valence-corrected chi connectivity index (χ2v) is 11.4. The zero-order valence-electron chi connectivity index (χ0n) is 18.5. The molecule has 0 spiro atoms. The minimum absolute atomic E-state index is 0.0211. The lowest BCUT2D eigenvalue weighted by atomic mass is 10.1. The van der Waals surface area contributed by atoms with Crippen LogP contribution in [-0.2, 0) is 21.1 Å². The molecule has 0 aliphatic carbocycles. The molecule has 0 saturated carbocycles. The SMILES string of the molecule is CCCCc1ccc(-n2c(SCC(=O)NC3CCS(=O)(=O)C3)nc3ccccc3c2=O)cc1. The number of carbonyl (C=O) groups excluding carboxylic acids is 1. The molecule has 1 saturated heterocycles. The highest BCUT2D eigenvalue weighted by atomic mass is 32.2. The van der Waals surface area contributed by atoms with Gasteiger partial charge in [0, 0.05) is 6.04 Å². The number of para-hydroxylation sites is 1. The number of unbranched alkanes of at least 4 members (excludes halogenated alkanes) is 1. The Balaban J connectivity index is 1.60. The normalized spacial score (nSPS) is 17.3. The van der Waals surface area contributed by atoms with Crippen molar-refractivity contribution < 1.29 is 13.2 Å². The molecular formula is C24H27N3O4S2. The van der Waals surface area contributed by atoms with E-state index in [1.165, 1.54) is 17.3 Å². The summed E-state index contributed by atoms with van der Waals surface area (Å²) >= 11 is 1.17. The molecule has 1 aliphatic heterocycles. The Morgan fingerprint density at radius 1 is 1.18 bits per heavy atom. The first-order chi connectivity index (χ1) is 15.9. The zero-order chi connectivity index (χ0) is 23.4. The fourth-order valence-corrected chi connectivity index (χ4v) is 6.43. The maximum absolute atomic E-state index is 13.3. The maximum Gasteiger partial charge on any atom is 0.266 e. The maximum atomic E-state index is 13.3. The van der Waals surface area contributed by atoms with E-state index >= 15 is 0 Å². The van der Waals surface area contributed by atoms with Crippen molar-refractivity contribution in [3.63, 3.8) is 0 Å². The van der Waals surface area contributed by atoms with E-state index < -0.39 is 9.84 Å². The highest BCUT2D eigenvalue weighted by molar-refractivity contribution is 7.99. The van der Waals surface area contributed by atoms with Crippen molar-refractivity contribution in [2.75, 3.05) is 17.3 Å². The van der Waals surface area contributed by atoms with Crippen LogP contribution in [0.4, 0.5) is 0 Å². The third-order valence-corrected chi connectivity index (χ3v) is 8.39. The fourth-order valence-electron chi connectivity index (χ4n) is 3.94. The van der Waals surface area contributed by atoms with Crippen LogP contribution in [0.2, 0.25) is 0 Å². The second-order valence-electron chi connectivity index (χ2n) is 8.28. The van der Waals surface area contributed by atoms with Crippen molar-refractivity contribution in [3.8, 4) is 5.69 Å². The van der Waals surface area contributed by atoms with E-state index in [2.05, 4.69) is 17.2 Å². The number of hydrogen-bond donors (Lipinski definition) is 1. The monoisotopic (exact) mass is 485 g/mol. The van der Waals surface area contributed by atoms with Gasteiger partial charge in [-0.25, -0.2) is 13.4 Å². The molecule has 1 fully saturated rings. The molecule has 2 heterocycles. The fraction of sp³-hybridized carbons (Fsp3) is 0.375. The van der Waals surface area contributed by atoms with Crippen LogP contribution in [0.3, 0.4) is 0 Å². The van der Waals surface area contributed by atoms with Gasteiger partial charge < -0.3 is 5.32 Å². The summed E-state index contributed by atoms with van der Waals surface area (Å²) in [5.74, 6) is -0.153. The number of sulfone groups is 1. The summed E-state index contributed by atoms with van der Waals surface area (Å²) in [7, 11) is -3.07. The van der Waals surface area contributed by atoms with Gasteiger partial charge in [-0.2, -0.15) is 0 Å². The Labute approximate surface area is 197 Å². The molecule has 7 nitrogen and oxygen atoms in total. The standard InChI is InChI=1S/C24H27N3O4S2/c1-2-3-6-17-9-11-19(12-10-17)27-23(29)20-7-4-5-8-21(20)26-24(27)32-15-22(28)25-18-13-14-33(30,31)16-18/h4-5,7-12,18H,2-3,6,13-16H2,1H3,(H,25,28). The van der Waals surface area contributed by atoms with E-state index in [1.54, 1.807) is 22.8 Å². The number of carbonyl (C=O) groups is 1. The Bertz CT molecular complexity index is 1320. The van der Waals surface area contributed by atoms with Gasteiger partial charge in [0.25, 0.3) is 5.56 Å².